The highest BCUT2D eigenvalue weighted by Gasteiger charge is 2.51. The van der Waals surface area contributed by atoms with E-state index in [9.17, 15) is 39.3 Å². The summed E-state index contributed by atoms with van der Waals surface area (Å²) in [5.74, 6) is -2.17. The highest BCUT2D eigenvalue weighted by atomic mass is 16.6. The number of nitrogens with one attached hydrogen (secondary N) is 1. The Labute approximate surface area is 421 Å². The molecule has 10 rings (SSSR count). The summed E-state index contributed by atoms with van der Waals surface area (Å²) < 4.78 is 15.0. The minimum absolute atomic E-state index is 0.0350. The molecule has 0 spiro atoms. The fourth-order valence-electron chi connectivity index (χ4n) is 11.1. The van der Waals surface area contributed by atoms with Crippen LogP contribution in [-0.2, 0) is 55.6 Å². The second-order valence-electron chi connectivity index (χ2n) is 19.9. The molecule has 2 saturated heterocycles. The quantitative estimate of drug-likeness (QED) is 0.0948. The number of carbonyl (C=O) groups is 4. The van der Waals surface area contributed by atoms with E-state index in [1.165, 1.54) is 6.07 Å². The lowest BCUT2D eigenvalue weighted by Crippen LogP contribution is -2.50. The Morgan fingerprint density at radius 2 is 1.59 bits per heavy atom. The lowest BCUT2D eigenvalue weighted by Gasteiger charge is -2.39. The second kappa shape index (κ2) is 19.4. The number of phenols is 3. The highest BCUT2D eigenvalue weighted by molar-refractivity contribution is 5.93. The molecule has 73 heavy (non-hydrogen) atoms. The topological polar surface area (TPSA) is 232 Å². The molecular formula is C55H60N8O10. The largest absolute Gasteiger partial charge is 0.508 e. The van der Waals surface area contributed by atoms with Gasteiger partial charge >= 0.3 is 11.9 Å². The molecule has 0 aliphatic carbocycles. The number of hydrogen-bond acceptors (Lipinski definition) is 14. The number of pyridine rings is 2. The number of likely N-dealkylation sites (tertiary alicyclic amines) is 2. The molecule has 18 nitrogen and oxygen atoms in total. The van der Waals surface area contributed by atoms with Crippen LogP contribution in [0.3, 0.4) is 0 Å². The van der Waals surface area contributed by atoms with Crippen LogP contribution in [0.15, 0.2) is 65.5 Å². The summed E-state index contributed by atoms with van der Waals surface area (Å²) in [6, 6.07) is 17.7. The number of cyclic esters (lactones) is 1. The zero-order chi connectivity index (χ0) is 51.5. The Morgan fingerprint density at radius 1 is 0.863 bits per heavy atom. The molecule has 1 unspecified atom stereocenters. The van der Waals surface area contributed by atoms with Crippen molar-refractivity contribution in [3.8, 4) is 45.7 Å². The first-order valence-corrected chi connectivity index (χ1v) is 25.4. The molecule has 2 amide bonds. The number of aromatic hydroxyl groups is 3. The molecule has 6 aromatic rings. The van der Waals surface area contributed by atoms with Crippen molar-refractivity contribution in [2.24, 2.45) is 11.8 Å². The Bertz CT molecular complexity index is 3260. The van der Waals surface area contributed by atoms with Crippen molar-refractivity contribution in [1.82, 2.24) is 39.4 Å². The third kappa shape index (κ3) is 8.64. The van der Waals surface area contributed by atoms with Gasteiger partial charge in [-0.3, -0.25) is 28.6 Å². The highest BCUT2D eigenvalue weighted by Crippen LogP contribution is 2.43. The van der Waals surface area contributed by atoms with Gasteiger partial charge in [0.15, 0.2) is 5.82 Å². The van der Waals surface area contributed by atoms with Crippen molar-refractivity contribution in [3.63, 3.8) is 0 Å². The smallest absolute Gasteiger partial charge is 0.355 e. The van der Waals surface area contributed by atoms with Gasteiger partial charge in [0.2, 0.25) is 17.3 Å². The molecule has 18 heteroatoms. The number of amides is 2. The molecule has 0 bridgehead atoms. The zero-order valence-corrected chi connectivity index (χ0v) is 41.7. The standard InChI is InChI=1S/C55H60N8O10/c1-6-36-38-23-34-28-62-43(47(34)57-42(38)13-14-44(36)64)25-41-40(52(62)69)29-72-54(71)55(41,7-2)73-53(70)33-17-21-61(22-18-33)51(68)32-15-19-60(20-16-32)27-31-9-11-35(12-10-31)63-48(58-59-49(63)50(67)56-8-3)39-24-37(30(4)5)45(65)26-46(39)66/h9-14,23-26,30,32-33,64-66H,6-8,15-22,27-29H2,1-5H3,(H,56,67). The average molecular weight is 993 g/mol. The van der Waals surface area contributed by atoms with Crippen LogP contribution in [0.4, 0.5) is 0 Å². The lowest BCUT2D eigenvalue weighted by atomic mass is 9.85. The number of fused-ring (bicyclic) bond motifs is 5. The molecule has 0 saturated carbocycles. The average Bonchev–Trinajstić information content (AvgIpc) is 3.99. The Balaban J connectivity index is 0.770. The second-order valence-corrected chi connectivity index (χ2v) is 19.9. The van der Waals surface area contributed by atoms with Gasteiger partial charge in [-0.25, -0.2) is 9.78 Å². The summed E-state index contributed by atoms with van der Waals surface area (Å²) in [7, 11) is 0. The van der Waals surface area contributed by atoms with E-state index in [1.54, 1.807) is 40.3 Å². The van der Waals surface area contributed by atoms with Crippen LogP contribution >= 0.6 is 0 Å². The summed E-state index contributed by atoms with van der Waals surface area (Å²) in [6.07, 6.45) is 2.73. The third-order valence-corrected chi connectivity index (χ3v) is 15.3. The normalized spacial score (nSPS) is 18.1. The first kappa shape index (κ1) is 49.0. The SMILES string of the molecule is CCNC(=O)c1nnc(-c2cc(C(C)C)c(O)cc2O)n1-c1ccc(CN2CCC(C(=O)N3CCC(C(=O)OC4(CC)C(=O)OCc5c4cc4n(c5=O)Cc5cc6c(CC)c(O)ccc6nc5-4)CC3)CC2)cc1. The van der Waals surface area contributed by atoms with E-state index in [4.69, 9.17) is 14.5 Å². The molecule has 2 fully saturated rings. The van der Waals surface area contributed by atoms with Crippen LogP contribution in [0.25, 0.3) is 39.4 Å². The molecule has 380 valence electrons. The molecule has 0 radical (unpaired) electrons. The number of esters is 2. The van der Waals surface area contributed by atoms with Crippen LogP contribution in [-0.4, -0.2) is 106 Å². The number of hydrogen-bond donors (Lipinski definition) is 4. The van der Waals surface area contributed by atoms with E-state index in [2.05, 4.69) is 20.4 Å². The number of ether oxygens (including phenoxy) is 2. The van der Waals surface area contributed by atoms with Crippen LogP contribution in [0.5, 0.6) is 17.2 Å². The van der Waals surface area contributed by atoms with Gasteiger partial charge < -0.3 is 39.6 Å². The molecule has 1 atom stereocenters. The van der Waals surface area contributed by atoms with Gasteiger partial charge in [0, 0.05) is 65.9 Å². The number of nitrogens with zero attached hydrogens (tertiary/aromatic N) is 7. The van der Waals surface area contributed by atoms with Crippen molar-refractivity contribution in [2.75, 3.05) is 32.7 Å². The van der Waals surface area contributed by atoms with Gasteiger partial charge in [0.25, 0.3) is 11.5 Å². The van der Waals surface area contributed by atoms with Gasteiger partial charge in [0.1, 0.15) is 23.9 Å². The molecule has 4 N–H and O–H groups in total. The molecule has 3 aromatic carbocycles. The van der Waals surface area contributed by atoms with Gasteiger partial charge in [-0.15, -0.1) is 10.2 Å². The summed E-state index contributed by atoms with van der Waals surface area (Å²) in [6.45, 7) is 12.6. The van der Waals surface area contributed by atoms with E-state index in [0.717, 1.165) is 22.1 Å². The summed E-state index contributed by atoms with van der Waals surface area (Å²) in [4.78, 5) is 78.1. The van der Waals surface area contributed by atoms with Crippen molar-refractivity contribution in [1.29, 1.82) is 0 Å². The van der Waals surface area contributed by atoms with Crippen LogP contribution < -0.4 is 10.9 Å². The summed E-state index contributed by atoms with van der Waals surface area (Å²) in [5.41, 5.74) is 4.33. The fraction of sp³-hybridized carbons (Fsp3) is 0.418. The summed E-state index contributed by atoms with van der Waals surface area (Å²) >= 11 is 0. The monoisotopic (exact) mass is 992 g/mol. The number of aromatic nitrogens is 5. The maximum atomic E-state index is 14.1. The fourth-order valence-corrected chi connectivity index (χ4v) is 11.1. The number of benzene rings is 3. The number of piperidine rings is 2. The van der Waals surface area contributed by atoms with E-state index in [0.29, 0.717) is 111 Å². The van der Waals surface area contributed by atoms with Gasteiger partial charge in [0.05, 0.1) is 40.5 Å². The Hall–Kier alpha value is -7.60. The Kier molecular flexibility index (Phi) is 13.0. The van der Waals surface area contributed by atoms with E-state index in [-0.39, 0.29) is 77.3 Å². The van der Waals surface area contributed by atoms with E-state index >= 15 is 0 Å². The van der Waals surface area contributed by atoms with Gasteiger partial charge in [-0.1, -0.05) is 39.8 Å². The predicted octanol–water partition coefficient (Wildman–Crippen LogP) is 6.58. The Morgan fingerprint density at radius 3 is 2.27 bits per heavy atom. The molecular weight excluding hydrogens is 933 g/mol. The van der Waals surface area contributed by atoms with Crippen LogP contribution in [0, 0.1) is 11.8 Å². The number of rotatable bonds is 12. The molecule has 4 aliphatic heterocycles. The lowest BCUT2D eigenvalue weighted by molar-refractivity contribution is -0.193. The molecule has 3 aromatic heterocycles. The number of phenolic OH excluding ortho intramolecular Hbond substituents is 3. The minimum atomic E-state index is -1.84. The first-order chi connectivity index (χ1) is 35.1. The molecule has 7 heterocycles. The zero-order valence-electron chi connectivity index (χ0n) is 41.7. The van der Waals surface area contributed by atoms with Gasteiger partial charge in [-0.2, -0.15) is 0 Å². The van der Waals surface area contributed by atoms with E-state index in [1.807, 2.05) is 62.9 Å². The van der Waals surface area contributed by atoms with Crippen molar-refractivity contribution in [2.45, 2.75) is 104 Å². The van der Waals surface area contributed by atoms with Crippen molar-refractivity contribution >= 4 is 34.7 Å². The molecule has 4 aliphatic rings. The third-order valence-electron chi connectivity index (χ3n) is 15.3. The minimum Gasteiger partial charge on any atom is -0.508 e. The van der Waals surface area contributed by atoms with Crippen molar-refractivity contribution in [3.05, 3.63) is 110 Å². The summed E-state index contributed by atoms with van der Waals surface area (Å²) in [5, 5.41) is 44.1. The van der Waals surface area contributed by atoms with E-state index < -0.39 is 29.4 Å². The predicted molar refractivity (Wildman–Crippen MR) is 269 cm³/mol. The maximum Gasteiger partial charge on any atom is 0.355 e. The van der Waals surface area contributed by atoms with Crippen LogP contribution in [0.1, 0.15) is 117 Å². The van der Waals surface area contributed by atoms with Crippen molar-refractivity contribution < 1.29 is 44.0 Å². The number of aryl methyl sites for hydroxylation is 1. The number of carbonyl (C=O) groups excluding carboxylic acids is 4. The van der Waals surface area contributed by atoms with Gasteiger partial charge in [-0.05, 0) is 118 Å². The first-order valence-electron chi connectivity index (χ1n) is 25.4. The maximum absolute atomic E-state index is 14.1. The van der Waals surface area contributed by atoms with Crippen LogP contribution in [0.2, 0.25) is 0 Å².